The van der Waals surface area contributed by atoms with Crippen LogP contribution in [0.25, 0.3) is 11.2 Å². The largest absolute Gasteiger partial charge is 0.483 e. The number of anilines is 2. The lowest BCUT2D eigenvalue weighted by Gasteiger charge is -2.16. The van der Waals surface area contributed by atoms with Crippen LogP contribution in [-0.2, 0) is 4.79 Å². The van der Waals surface area contributed by atoms with Crippen molar-refractivity contribution >= 4 is 28.6 Å². The standard InChI is InChI=1S/C15H16N6O2/c1-8(10-4-3-5-11(6-10)17-9(2)22)23-12-7-13(16)18-15-14(12)19-21-20-15/h3-8H,1-2H3,(H,17,22)(H3,16,18,19,20,21). The highest BCUT2D eigenvalue weighted by molar-refractivity contribution is 5.88. The van der Waals surface area contributed by atoms with E-state index < -0.39 is 0 Å². The fraction of sp³-hybridized carbons (Fsp3) is 0.200. The molecule has 0 saturated heterocycles. The van der Waals surface area contributed by atoms with Gasteiger partial charge in [-0.05, 0) is 24.6 Å². The van der Waals surface area contributed by atoms with Crippen LogP contribution in [0.4, 0.5) is 11.5 Å². The quantitative estimate of drug-likeness (QED) is 0.678. The molecule has 0 saturated carbocycles. The van der Waals surface area contributed by atoms with Gasteiger partial charge in [-0.1, -0.05) is 12.1 Å². The van der Waals surface area contributed by atoms with Gasteiger partial charge in [0.1, 0.15) is 11.9 Å². The number of hydrogen-bond donors (Lipinski definition) is 3. The number of aromatic nitrogens is 4. The van der Waals surface area contributed by atoms with Gasteiger partial charge >= 0.3 is 0 Å². The summed E-state index contributed by atoms with van der Waals surface area (Å²) in [6, 6.07) is 9.06. The first kappa shape index (κ1) is 14.8. The number of nitrogen functional groups attached to an aromatic ring is 1. The first-order chi connectivity index (χ1) is 11.0. The number of ether oxygens (including phenoxy) is 1. The lowest BCUT2D eigenvalue weighted by molar-refractivity contribution is -0.114. The fourth-order valence-electron chi connectivity index (χ4n) is 2.25. The number of carbonyl (C=O) groups is 1. The number of fused-ring (bicyclic) bond motifs is 1. The van der Waals surface area contributed by atoms with Crippen molar-refractivity contribution in [2.75, 3.05) is 11.1 Å². The molecule has 0 fully saturated rings. The lowest BCUT2D eigenvalue weighted by Crippen LogP contribution is -2.08. The minimum Gasteiger partial charge on any atom is -0.483 e. The summed E-state index contributed by atoms with van der Waals surface area (Å²) in [7, 11) is 0. The van der Waals surface area contributed by atoms with Gasteiger partial charge in [-0.3, -0.25) is 4.79 Å². The highest BCUT2D eigenvalue weighted by atomic mass is 16.5. The van der Waals surface area contributed by atoms with E-state index >= 15 is 0 Å². The SMILES string of the molecule is CC(=O)Nc1cccc(C(C)Oc2cc(N)nc3n[nH]nc23)c1. The average Bonchev–Trinajstić information content (AvgIpc) is 2.95. The molecule has 3 rings (SSSR count). The van der Waals surface area contributed by atoms with Crippen LogP contribution in [-0.4, -0.2) is 26.3 Å². The van der Waals surface area contributed by atoms with Crippen LogP contribution >= 0.6 is 0 Å². The Labute approximate surface area is 132 Å². The van der Waals surface area contributed by atoms with E-state index in [1.807, 2.05) is 31.2 Å². The zero-order chi connectivity index (χ0) is 16.4. The maximum absolute atomic E-state index is 11.2. The first-order valence-electron chi connectivity index (χ1n) is 7.04. The molecule has 1 atom stereocenters. The van der Waals surface area contributed by atoms with Crippen LogP contribution in [0.3, 0.4) is 0 Å². The monoisotopic (exact) mass is 312 g/mol. The van der Waals surface area contributed by atoms with Gasteiger partial charge in [0, 0.05) is 18.7 Å². The molecule has 0 aliphatic rings. The zero-order valence-electron chi connectivity index (χ0n) is 12.7. The lowest BCUT2D eigenvalue weighted by atomic mass is 10.1. The van der Waals surface area contributed by atoms with Crippen molar-refractivity contribution < 1.29 is 9.53 Å². The van der Waals surface area contributed by atoms with Gasteiger partial charge in [0.2, 0.25) is 11.6 Å². The Balaban J connectivity index is 1.87. The number of nitrogens with zero attached hydrogens (tertiary/aromatic N) is 3. The van der Waals surface area contributed by atoms with E-state index in [1.165, 1.54) is 6.92 Å². The van der Waals surface area contributed by atoms with Crippen LogP contribution < -0.4 is 15.8 Å². The second-order valence-corrected chi connectivity index (χ2v) is 5.11. The van der Waals surface area contributed by atoms with Crippen molar-refractivity contribution in [3.8, 4) is 5.75 Å². The van der Waals surface area contributed by atoms with Gasteiger partial charge in [0.25, 0.3) is 0 Å². The third kappa shape index (κ3) is 3.20. The van der Waals surface area contributed by atoms with E-state index in [4.69, 9.17) is 10.5 Å². The Hall–Kier alpha value is -3.16. The van der Waals surface area contributed by atoms with E-state index in [0.29, 0.717) is 28.4 Å². The summed E-state index contributed by atoms with van der Waals surface area (Å²) < 4.78 is 5.96. The highest BCUT2D eigenvalue weighted by Crippen LogP contribution is 2.29. The predicted octanol–water partition coefficient (Wildman–Crippen LogP) is 2.03. The number of benzene rings is 1. The van der Waals surface area contributed by atoms with Gasteiger partial charge in [0.05, 0.1) is 0 Å². The van der Waals surface area contributed by atoms with Crippen molar-refractivity contribution in [2.45, 2.75) is 20.0 Å². The van der Waals surface area contributed by atoms with Gasteiger partial charge in [0.15, 0.2) is 11.3 Å². The maximum atomic E-state index is 11.2. The number of H-pyrrole nitrogens is 1. The van der Waals surface area contributed by atoms with Crippen LogP contribution in [0.15, 0.2) is 30.3 Å². The Morgan fingerprint density at radius 1 is 1.35 bits per heavy atom. The van der Waals surface area contributed by atoms with Crippen LogP contribution in [0.2, 0.25) is 0 Å². The Bertz CT molecular complexity index is 860. The number of carbonyl (C=O) groups excluding carboxylic acids is 1. The molecule has 2 aromatic heterocycles. The Morgan fingerprint density at radius 3 is 2.96 bits per heavy atom. The number of rotatable bonds is 4. The minimum atomic E-state index is -0.273. The number of pyridine rings is 1. The zero-order valence-corrected chi connectivity index (χ0v) is 12.7. The molecule has 8 nitrogen and oxygen atoms in total. The second kappa shape index (κ2) is 5.91. The Morgan fingerprint density at radius 2 is 2.17 bits per heavy atom. The topological polar surface area (TPSA) is 119 Å². The van der Waals surface area contributed by atoms with Crippen molar-refractivity contribution in [3.63, 3.8) is 0 Å². The van der Waals surface area contributed by atoms with Gasteiger partial charge in [-0.15, -0.1) is 5.10 Å². The van der Waals surface area contributed by atoms with E-state index in [1.54, 1.807) is 6.07 Å². The number of nitrogens with one attached hydrogen (secondary N) is 2. The molecule has 0 radical (unpaired) electrons. The summed E-state index contributed by atoms with van der Waals surface area (Å²) in [5.74, 6) is 0.682. The predicted molar refractivity (Wildman–Crippen MR) is 85.9 cm³/mol. The third-order valence-electron chi connectivity index (χ3n) is 3.26. The van der Waals surface area contributed by atoms with E-state index in [-0.39, 0.29) is 12.0 Å². The molecule has 4 N–H and O–H groups in total. The number of nitrogens with two attached hydrogens (primary N) is 1. The van der Waals surface area contributed by atoms with E-state index in [9.17, 15) is 4.79 Å². The van der Waals surface area contributed by atoms with Crippen LogP contribution in [0.5, 0.6) is 5.75 Å². The smallest absolute Gasteiger partial charge is 0.221 e. The minimum absolute atomic E-state index is 0.123. The van der Waals surface area contributed by atoms with Gasteiger partial charge in [-0.25, -0.2) is 4.98 Å². The summed E-state index contributed by atoms with van der Waals surface area (Å²) in [5, 5.41) is 13.2. The maximum Gasteiger partial charge on any atom is 0.221 e. The molecule has 8 heteroatoms. The van der Waals surface area contributed by atoms with Crippen LogP contribution in [0, 0.1) is 0 Å². The summed E-state index contributed by atoms with van der Waals surface area (Å²) in [5.41, 5.74) is 8.30. The molecule has 1 unspecified atom stereocenters. The van der Waals surface area contributed by atoms with Gasteiger partial charge in [-0.2, -0.15) is 10.3 Å². The van der Waals surface area contributed by atoms with Crippen molar-refractivity contribution in [2.24, 2.45) is 0 Å². The molecule has 2 heterocycles. The molecule has 3 aromatic rings. The van der Waals surface area contributed by atoms with Crippen molar-refractivity contribution in [1.82, 2.24) is 20.4 Å². The summed E-state index contributed by atoms with van der Waals surface area (Å²) >= 11 is 0. The molecule has 0 aliphatic heterocycles. The summed E-state index contributed by atoms with van der Waals surface area (Å²) in [6.07, 6.45) is -0.273. The van der Waals surface area contributed by atoms with Gasteiger partial charge < -0.3 is 15.8 Å². The first-order valence-corrected chi connectivity index (χ1v) is 7.04. The average molecular weight is 312 g/mol. The molecular weight excluding hydrogens is 296 g/mol. The molecule has 0 aliphatic carbocycles. The van der Waals surface area contributed by atoms with Crippen molar-refractivity contribution in [1.29, 1.82) is 0 Å². The molecule has 0 bridgehead atoms. The summed E-state index contributed by atoms with van der Waals surface area (Å²) in [4.78, 5) is 15.2. The van der Waals surface area contributed by atoms with E-state index in [2.05, 4.69) is 25.7 Å². The molecule has 118 valence electrons. The Kier molecular flexibility index (Phi) is 3.80. The van der Waals surface area contributed by atoms with E-state index in [0.717, 1.165) is 5.56 Å². The molecule has 0 spiro atoms. The normalized spacial score (nSPS) is 12.1. The number of amides is 1. The molecule has 1 amide bonds. The molecule has 23 heavy (non-hydrogen) atoms. The third-order valence-corrected chi connectivity index (χ3v) is 3.26. The van der Waals surface area contributed by atoms with Crippen LogP contribution in [0.1, 0.15) is 25.5 Å². The number of aromatic amines is 1. The second-order valence-electron chi connectivity index (χ2n) is 5.11. The number of hydrogen-bond acceptors (Lipinski definition) is 6. The van der Waals surface area contributed by atoms with Crippen molar-refractivity contribution in [3.05, 3.63) is 35.9 Å². The molecule has 1 aromatic carbocycles. The summed E-state index contributed by atoms with van der Waals surface area (Å²) in [6.45, 7) is 3.36. The highest BCUT2D eigenvalue weighted by Gasteiger charge is 2.14. The molecular formula is C15H16N6O2. The fourth-order valence-corrected chi connectivity index (χ4v) is 2.25.